The first-order valence-electron chi connectivity index (χ1n) is 11.0. The highest BCUT2D eigenvalue weighted by Gasteiger charge is 2.30. The first-order valence-corrected chi connectivity index (χ1v) is 11.0. The molecular weight excluding hydrogens is 384 g/mol. The van der Waals surface area contributed by atoms with Crippen LogP contribution in [0.15, 0.2) is 18.2 Å². The molecule has 162 valence electrons. The first-order chi connectivity index (χ1) is 14.6. The van der Waals surface area contributed by atoms with E-state index in [0.717, 1.165) is 58.0 Å². The molecule has 3 aliphatic rings. The number of hydrogen-bond donors (Lipinski definition) is 2. The lowest BCUT2D eigenvalue weighted by Gasteiger charge is -2.33. The average Bonchev–Trinajstić information content (AvgIpc) is 2.77. The van der Waals surface area contributed by atoms with E-state index < -0.39 is 0 Å². The Bertz CT molecular complexity index is 800. The van der Waals surface area contributed by atoms with Gasteiger partial charge in [-0.25, -0.2) is 4.79 Å². The summed E-state index contributed by atoms with van der Waals surface area (Å²) in [4.78, 5) is 40.9. The third kappa shape index (κ3) is 4.86. The van der Waals surface area contributed by atoms with Crippen molar-refractivity contribution in [2.24, 2.45) is 0 Å². The lowest BCUT2D eigenvalue weighted by Crippen LogP contribution is -2.47. The molecule has 4 rings (SSSR count). The van der Waals surface area contributed by atoms with Crippen LogP contribution in [0.5, 0.6) is 5.75 Å². The summed E-state index contributed by atoms with van der Waals surface area (Å²) in [5, 5.41) is 5.87. The monoisotopic (exact) mass is 414 g/mol. The molecule has 1 saturated carbocycles. The minimum atomic E-state index is -0.253. The summed E-state index contributed by atoms with van der Waals surface area (Å²) in [7, 11) is 0. The van der Waals surface area contributed by atoms with E-state index in [1.54, 1.807) is 18.2 Å². The summed E-state index contributed by atoms with van der Waals surface area (Å²) >= 11 is 0. The molecular formula is C22H30N4O4. The van der Waals surface area contributed by atoms with Gasteiger partial charge in [-0.15, -0.1) is 0 Å². The summed E-state index contributed by atoms with van der Waals surface area (Å²) in [6.07, 6.45) is 8.67. The van der Waals surface area contributed by atoms with Crippen molar-refractivity contribution in [2.75, 3.05) is 36.5 Å². The van der Waals surface area contributed by atoms with E-state index in [-0.39, 0.29) is 37.0 Å². The number of nitrogens with one attached hydrogen (secondary N) is 2. The quantitative estimate of drug-likeness (QED) is 0.793. The van der Waals surface area contributed by atoms with Crippen molar-refractivity contribution in [3.63, 3.8) is 0 Å². The fourth-order valence-corrected chi connectivity index (χ4v) is 4.43. The van der Waals surface area contributed by atoms with Crippen LogP contribution in [0.2, 0.25) is 0 Å². The topological polar surface area (TPSA) is 91.0 Å². The zero-order valence-electron chi connectivity index (χ0n) is 17.3. The minimum Gasteiger partial charge on any atom is -0.482 e. The lowest BCUT2D eigenvalue weighted by atomic mass is 9.96. The van der Waals surface area contributed by atoms with Gasteiger partial charge in [0.25, 0.3) is 5.91 Å². The van der Waals surface area contributed by atoms with Gasteiger partial charge in [-0.3, -0.25) is 14.5 Å². The number of ether oxygens (including phenoxy) is 1. The number of rotatable bonds is 4. The third-order valence-corrected chi connectivity index (χ3v) is 6.10. The van der Waals surface area contributed by atoms with Gasteiger partial charge in [0.1, 0.15) is 12.3 Å². The van der Waals surface area contributed by atoms with Gasteiger partial charge in [0.05, 0.1) is 5.69 Å². The summed E-state index contributed by atoms with van der Waals surface area (Å²) in [6, 6.07) is 5.15. The van der Waals surface area contributed by atoms with E-state index in [4.69, 9.17) is 4.74 Å². The Balaban J connectivity index is 1.44. The number of fused-ring (bicyclic) bond motifs is 1. The van der Waals surface area contributed by atoms with Crippen LogP contribution in [-0.2, 0) is 9.59 Å². The number of benzene rings is 1. The number of hydrogen-bond acceptors (Lipinski definition) is 4. The second kappa shape index (κ2) is 9.36. The van der Waals surface area contributed by atoms with Gasteiger partial charge in [0.15, 0.2) is 6.61 Å². The van der Waals surface area contributed by atoms with E-state index in [9.17, 15) is 14.4 Å². The van der Waals surface area contributed by atoms with Crippen molar-refractivity contribution < 1.29 is 19.1 Å². The molecule has 2 aliphatic heterocycles. The Morgan fingerprint density at radius 2 is 1.77 bits per heavy atom. The fraction of sp³-hybridized carbons (Fsp3) is 0.591. The molecule has 0 atom stereocenters. The Labute approximate surface area is 176 Å². The van der Waals surface area contributed by atoms with Crippen LogP contribution in [-0.4, -0.2) is 55.0 Å². The largest absolute Gasteiger partial charge is 0.482 e. The maximum atomic E-state index is 12.7. The molecule has 8 heteroatoms. The van der Waals surface area contributed by atoms with Crippen LogP contribution >= 0.6 is 0 Å². The lowest BCUT2D eigenvalue weighted by molar-refractivity contribution is -0.132. The van der Waals surface area contributed by atoms with E-state index in [2.05, 4.69) is 10.6 Å². The van der Waals surface area contributed by atoms with Gasteiger partial charge in [0.2, 0.25) is 5.91 Å². The van der Waals surface area contributed by atoms with Crippen LogP contribution in [0.3, 0.4) is 0 Å². The van der Waals surface area contributed by atoms with Crippen molar-refractivity contribution in [2.45, 2.75) is 57.4 Å². The molecule has 1 aliphatic carbocycles. The van der Waals surface area contributed by atoms with E-state index in [1.807, 2.05) is 4.90 Å². The van der Waals surface area contributed by atoms with Gasteiger partial charge in [-0.05, 0) is 50.3 Å². The molecule has 0 spiro atoms. The van der Waals surface area contributed by atoms with Crippen LogP contribution in [0.4, 0.5) is 16.2 Å². The Morgan fingerprint density at radius 1 is 1.03 bits per heavy atom. The summed E-state index contributed by atoms with van der Waals surface area (Å²) in [5.41, 5.74) is 1.09. The maximum absolute atomic E-state index is 12.7. The second-order valence-corrected chi connectivity index (χ2v) is 8.33. The molecule has 4 amide bonds. The van der Waals surface area contributed by atoms with Crippen LogP contribution in [0.1, 0.15) is 51.4 Å². The Hall–Kier alpha value is -2.77. The number of urea groups is 1. The number of piperidine rings is 1. The molecule has 1 aromatic carbocycles. The molecule has 2 fully saturated rings. The van der Waals surface area contributed by atoms with Crippen LogP contribution in [0.25, 0.3) is 0 Å². The molecule has 1 aromatic rings. The van der Waals surface area contributed by atoms with Gasteiger partial charge in [-0.2, -0.15) is 0 Å². The second-order valence-electron chi connectivity index (χ2n) is 8.33. The van der Waals surface area contributed by atoms with Crippen LogP contribution in [0, 0.1) is 0 Å². The predicted molar refractivity (Wildman–Crippen MR) is 114 cm³/mol. The number of anilines is 2. The van der Waals surface area contributed by atoms with Crippen molar-refractivity contribution in [1.82, 2.24) is 10.2 Å². The number of carbonyl (C=O) groups excluding carboxylic acids is 3. The highest BCUT2D eigenvalue weighted by Crippen LogP contribution is 2.34. The fourth-order valence-electron chi connectivity index (χ4n) is 4.43. The van der Waals surface area contributed by atoms with Gasteiger partial charge in [-0.1, -0.05) is 19.3 Å². The zero-order chi connectivity index (χ0) is 20.9. The smallest absolute Gasteiger partial charge is 0.319 e. The zero-order valence-corrected chi connectivity index (χ0v) is 17.3. The SMILES string of the molecule is O=C(Nc1ccc2c(c1)N(CC(=O)N1CCCCC1)C(=O)CO2)NC1CCCCC1. The number of amides is 4. The number of carbonyl (C=O) groups is 3. The van der Waals surface area contributed by atoms with Gasteiger partial charge < -0.3 is 20.3 Å². The molecule has 2 heterocycles. The third-order valence-electron chi connectivity index (χ3n) is 6.10. The maximum Gasteiger partial charge on any atom is 0.319 e. The summed E-state index contributed by atoms with van der Waals surface area (Å²) < 4.78 is 5.53. The van der Waals surface area contributed by atoms with E-state index >= 15 is 0 Å². The molecule has 1 saturated heterocycles. The Morgan fingerprint density at radius 3 is 2.53 bits per heavy atom. The minimum absolute atomic E-state index is 0.00703. The summed E-state index contributed by atoms with van der Waals surface area (Å²) in [6.45, 7) is 1.39. The molecule has 0 bridgehead atoms. The molecule has 0 unspecified atom stereocenters. The first kappa shape index (κ1) is 20.5. The molecule has 0 aromatic heterocycles. The van der Waals surface area contributed by atoms with Gasteiger partial charge in [0, 0.05) is 24.8 Å². The molecule has 0 radical (unpaired) electrons. The molecule has 2 N–H and O–H groups in total. The highest BCUT2D eigenvalue weighted by atomic mass is 16.5. The van der Waals surface area contributed by atoms with Crippen molar-refractivity contribution >= 4 is 29.2 Å². The standard InChI is InChI=1S/C22H30N4O4/c27-20(25-11-5-2-6-12-25)14-26-18-13-17(9-10-19(18)30-15-21(26)28)24-22(29)23-16-7-3-1-4-8-16/h9-10,13,16H,1-8,11-12,14-15H2,(H2,23,24,29). The van der Waals surface area contributed by atoms with Crippen LogP contribution < -0.4 is 20.3 Å². The summed E-state index contributed by atoms with van der Waals surface area (Å²) in [5.74, 6) is 0.236. The Kier molecular flexibility index (Phi) is 6.40. The van der Waals surface area contributed by atoms with Crippen molar-refractivity contribution in [3.8, 4) is 5.75 Å². The number of nitrogens with zero attached hydrogens (tertiary/aromatic N) is 2. The predicted octanol–water partition coefficient (Wildman–Crippen LogP) is 2.88. The molecule has 30 heavy (non-hydrogen) atoms. The van der Waals surface area contributed by atoms with E-state index in [1.165, 1.54) is 11.3 Å². The average molecular weight is 415 g/mol. The van der Waals surface area contributed by atoms with Gasteiger partial charge >= 0.3 is 6.03 Å². The highest BCUT2D eigenvalue weighted by molar-refractivity contribution is 6.03. The normalized spacial score (nSPS) is 19.7. The van der Waals surface area contributed by atoms with E-state index in [0.29, 0.717) is 17.1 Å². The van der Waals surface area contributed by atoms with Crippen molar-refractivity contribution in [3.05, 3.63) is 18.2 Å². The molecule has 8 nitrogen and oxygen atoms in total. The number of likely N-dealkylation sites (tertiary alicyclic amines) is 1. The van der Waals surface area contributed by atoms with Crippen molar-refractivity contribution in [1.29, 1.82) is 0 Å².